The molecule has 1 aromatic heterocycles. The van der Waals surface area contributed by atoms with Gasteiger partial charge in [-0.3, -0.25) is 20.4 Å². The molecular weight excluding hydrogens is 456 g/mol. The van der Waals surface area contributed by atoms with Crippen LogP contribution in [0.25, 0.3) is 11.4 Å². The number of nitrogens with zero attached hydrogens (tertiary/aromatic N) is 4. The molecule has 0 radical (unpaired) electrons. The van der Waals surface area contributed by atoms with E-state index in [4.69, 9.17) is 16.3 Å². The first-order valence-corrected chi connectivity index (χ1v) is 10.7. The van der Waals surface area contributed by atoms with Crippen LogP contribution < -0.4 is 15.6 Å². The summed E-state index contributed by atoms with van der Waals surface area (Å²) in [5, 5.41) is 13.0. The zero-order chi connectivity index (χ0) is 23.9. The Balaban J connectivity index is 1.31. The highest BCUT2D eigenvalue weighted by molar-refractivity contribution is 6.30. The lowest BCUT2D eigenvalue weighted by molar-refractivity contribution is -0.121. The molecule has 0 fully saturated rings. The van der Waals surface area contributed by atoms with Crippen LogP contribution in [0.1, 0.15) is 21.5 Å². The molecular formula is C24H21ClN6O3. The standard InChI is InChI=1S/C24H21ClN6O3/c1-34-21-12-11-20(25)13-19(21)14-22(32)26-28-24(33)18-9-7-16(8-10-18)15-31-29-23(27-30-31)17-5-3-2-4-6-17/h2-13H,14-15H2,1H3,(H,26,32)(H,28,33). The van der Waals surface area contributed by atoms with Crippen molar-refractivity contribution in [2.45, 2.75) is 13.0 Å². The van der Waals surface area contributed by atoms with Gasteiger partial charge in [0.05, 0.1) is 20.1 Å². The summed E-state index contributed by atoms with van der Waals surface area (Å²) in [6.07, 6.45) is -0.00116. The Bertz CT molecular complexity index is 1290. The highest BCUT2D eigenvalue weighted by Gasteiger charge is 2.12. The summed E-state index contributed by atoms with van der Waals surface area (Å²) >= 11 is 5.99. The van der Waals surface area contributed by atoms with E-state index in [1.54, 1.807) is 42.5 Å². The molecule has 172 valence electrons. The van der Waals surface area contributed by atoms with Crippen LogP contribution in [0.2, 0.25) is 5.02 Å². The number of rotatable bonds is 7. The number of halogens is 1. The minimum Gasteiger partial charge on any atom is -0.496 e. The van der Waals surface area contributed by atoms with Crippen LogP contribution in [-0.4, -0.2) is 39.1 Å². The summed E-state index contributed by atoms with van der Waals surface area (Å²) in [5.41, 5.74) is 7.60. The Morgan fingerprint density at radius 1 is 1.00 bits per heavy atom. The van der Waals surface area contributed by atoms with Crippen molar-refractivity contribution >= 4 is 23.4 Å². The molecule has 1 heterocycles. The summed E-state index contributed by atoms with van der Waals surface area (Å²) in [7, 11) is 1.51. The predicted molar refractivity (Wildman–Crippen MR) is 126 cm³/mol. The number of amides is 2. The van der Waals surface area contributed by atoms with Gasteiger partial charge < -0.3 is 4.74 Å². The van der Waals surface area contributed by atoms with Crippen LogP contribution in [0, 0.1) is 0 Å². The first kappa shape index (κ1) is 22.9. The number of hydrogen-bond acceptors (Lipinski definition) is 6. The van der Waals surface area contributed by atoms with Gasteiger partial charge in [-0.2, -0.15) is 4.80 Å². The van der Waals surface area contributed by atoms with E-state index in [0.29, 0.717) is 34.3 Å². The fraction of sp³-hybridized carbons (Fsp3) is 0.125. The number of methoxy groups -OCH3 is 1. The number of hydrazine groups is 1. The second-order valence-electron chi connectivity index (χ2n) is 7.34. The number of hydrogen-bond donors (Lipinski definition) is 2. The molecule has 0 unspecified atom stereocenters. The van der Waals surface area contributed by atoms with Gasteiger partial charge in [0.1, 0.15) is 5.75 Å². The summed E-state index contributed by atoms with van der Waals surface area (Å²) < 4.78 is 5.23. The van der Waals surface area contributed by atoms with Gasteiger partial charge in [0.25, 0.3) is 5.91 Å². The normalized spacial score (nSPS) is 10.5. The number of aromatic nitrogens is 4. The van der Waals surface area contributed by atoms with Gasteiger partial charge in [0, 0.05) is 21.7 Å². The molecule has 4 aromatic rings. The lowest BCUT2D eigenvalue weighted by atomic mass is 10.1. The van der Waals surface area contributed by atoms with Gasteiger partial charge in [0.2, 0.25) is 11.7 Å². The van der Waals surface area contributed by atoms with Crippen molar-refractivity contribution in [2.75, 3.05) is 7.11 Å². The number of carbonyl (C=O) groups is 2. The van der Waals surface area contributed by atoms with Crippen molar-refractivity contribution in [3.8, 4) is 17.1 Å². The minimum absolute atomic E-state index is 0.00116. The lowest BCUT2D eigenvalue weighted by Gasteiger charge is -2.10. The van der Waals surface area contributed by atoms with E-state index in [1.807, 2.05) is 30.3 Å². The molecule has 9 nitrogen and oxygen atoms in total. The minimum atomic E-state index is -0.441. The van der Waals surface area contributed by atoms with Crippen LogP contribution >= 0.6 is 11.6 Å². The van der Waals surface area contributed by atoms with Gasteiger partial charge in [-0.1, -0.05) is 54.1 Å². The van der Waals surface area contributed by atoms with Crippen molar-refractivity contribution in [1.82, 2.24) is 31.1 Å². The van der Waals surface area contributed by atoms with E-state index in [0.717, 1.165) is 11.1 Å². The maximum absolute atomic E-state index is 12.4. The number of nitrogens with one attached hydrogen (secondary N) is 2. The van der Waals surface area contributed by atoms with Crippen molar-refractivity contribution in [3.05, 3.63) is 94.5 Å². The third-order valence-corrected chi connectivity index (χ3v) is 5.17. The Morgan fingerprint density at radius 2 is 1.76 bits per heavy atom. The van der Waals surface area contributed by atoms with Crippen molar-refractivity contribution < 1.29 is 14.3 Å². The molecule has 0 atom stereocenters. The van der Waals surface area contributed by atoms with Crippen LogP contribution in [0.5, 0.6) is 5.75 Å². The molecule has 0 aliphatic carbocycles. The second kappa shape index (κ2) is 10.6. The topological polar surface area (TPSA) is 111 Å². The molecule has 3 aromatic carbocycles. The van der Waals surface area contributed by atoms with Crippen molar-refractivity contribution in [2.24, 2.45) is 0 Å². The molecule has 0 aliphatic heterocycles. The summed E-state index contributed by atoms with van der Waals surface area (Å²) in [6.45, 7) is 0.403. The number of tetrazole rings is 1. The molecule has 2 amide bonds. The maximum Gasteiger partial charge on any atom is 0.269 e. The van der Waals surface area contributed by atoms with E-state index < -0.39 is 11.8 Å². The fourth-order valence-electron chi connectivity index (χ4n) is 3.24. The monoisotopic (exact) mass is 476 g/mol. The largest absolute Gasteiger partial charge is 0.496 e. The summed E-state index contributed by atoms with van der Waals surface area (Å²) in [5.74, 6) is 0.238. The average molecular weight is 477 g/mol. The molecule has 34 heavy (non-hydrogen) atoms. The van der Waals surface area contributed by atoms with Crippen molar-refractivity contribution in [3.63, 3.8) is 0 Å². The first-order valence-electron chi connectivity index (χ1n) is 10.4. The third kappa shape index (κ3) is 5.76. The van der Waals surface area contributed by atoms with E-state index in [9.17, 15) is 9.59 Å². The smallest absolute Gasteiger partial charge is 0.269 e. The molecule has 0 aliphatic rings. The van der Waals surface area contributed by atoms with Crippen LogP contribution in [0.4, 0.5) is 0 Å². The Labute approximate surface area is 200 Å². The van der Waals surface area contributed by atoms with Gasteiger partial charge in [-0.05, 0) is 41.1 Å². The Hall–Kier alpha value is -4.24. The molecule has 0 spiro atoms. The van der Waals surface area contributed by atoms with E-state index in [1.165, 1.54) is 11.9 Å². The Morgan fingerprint density at radius 3 is 2.50 bits per heavy atom. The molecule has 0 saturated carbocycles. The van der Waals surface area contributed by atoms with E-state index in [-0.39, 0.29) is 6.42 Å². The summed E-state index contributed by atoms with van der Waals surface area (Å²) in [6, 6.07) is 21.5. The maximum atomic E-state index is 12.4. The van der Waals surface area contributed by atoms with Gasteiger partial charge in [0.15, 0.2) is 0 Å². The SMILES string of the molecule is COc1ccc(Cl)cc1CC(=O)NNC(=O)c1ccc(Cn2nnc(-c3ccccc3)n2)cc1. The molecule has 0 saturated heterocycles. The van der Waals surface area contributed by atoms with Gasteiger partial charge in [-0.25, -0.2) is 0 Å². The van der Waals surface area contributed by atoms with Crippen LogP contribution in [0.15, 0.2) is 72.8 Å². The summed E-state index contributed by atoms with van der Waals surface area (Å²) in [4.78, 5) is 26.1. The zero-order valence-corrected chi connectivity index (χ0v) is 19.0. The number of carbonyl (C=O) groups excluding carboxylic acids is 2. The number of benzene rings is 3. The highest BCUT2D eigenvalue weighted by atomic mass is 35.5. The molecule has 0 bridgehead atoms. The zero-order valence-electron chi connectivity index (χ0n) is 18.2. The molecule has 4 rings (SSSR count). The number of ether oxygens (including phenoxy) is 1. The van der Waals surface area contributed by atoms with Crippen LogP contribution in [-0.2, 0) is 17.8 Å². The van der Waals surface area contributed by atoms with E-state index in [2.05, 4.69) is 26.3 Å². The molecule has 2 N–H and O–H groups in total. The Kier molecular flexibility index (Phi) is 7.14. The van der Waals surface area contributed by atoms with Gasteiger partial charge in [-0.15, -0.1) is 10.2 Å². The third-order valence-electron chi connectivity index (χ3n) is 4.93. The van der Waals surface area contributed by atoms with E-state index >= 15 is 0 Å². The van der Waals surface area contributed by atoms with Crippen LogP contribution in [0.3, 0.4) is 0 Å². The van der Waals surface area contributed by atoms with Gasteiger partial charge >= 0.3 is 0 Å². The quantitative estimate of drug-likeness (QED) is 0.396. The second-order valence-corrected chi connectivity index (χ2v) is 7.78. The predicted octanol–water partition coefficient (Wildman–Crippen LogP) is 3.05. The highest BCUT2D eigenvalue weighted by Crippen LogP contribution is 2.23. The molecule has 10 heteroatoms. The lowest BCUT2D eigenvalue weighted by Crippen LogP contribution is -2.42. The average Bonchev–Trinajstić information content (AvgIpc) is 3.32. The fourth-order valence-corrected chi connectivity index (χ4v) is 3.43. The first-order chi connectivity index (χ1) is 16.5. The van der Waals surface area contributed by atoms with Crippen molar-refractivity contribution in [1.29, 1.82) is 0 Å².